The van der Waals surface area contributed by atoms with E-state index in [0.29, 0.717) is 17.8 Å². The van der Waals surface area contributed by atoms with Crippen LogP contribution in [-0.4, -0.2) is 27.4 Å². The van der Waals surface area contributed by atoms with Gasteiger partial charge in [0.1, 0.15) is 0 Å². The van der Waals surface area contributed by atoms with E-state index in [1.165, 1.54) is 0 Å². The summed E-state index contributed by atoms with van der Waals surface area (Å²) in [5, 5.41) is 2.70. The lowest BCUT2D eigenvalue weighted by Crippen LogP contribution is -2.35. The Bertz CT molecular complexity index is 582. The summed E-state index contributed by atoms with van der Waals surface area (Å²) in [6.07, 6.45) is 1.87. The number of benzene rings is 1. The van der Waals surface area contributed by atoms with Gasteiger partial charge in [0, 0.05) is 24.7 Å². The van der Waals surface area contributed by atoms with Crippen molar-refractivity contribution >= 4 is 21.6 Å². The molecule has 1 amide bonds. The van der Waals surface area contributed by atoms with Gasteiger partial charge in [0.25, 0.3) is 0 Å². The molecule has 0 aromatic heterocycles. The third-order valence-electron chi connectivity index (χ3n) is 3.00. The molecule has 6 nitrogen and oxygen atoms in total. The molecule has 1 aliphatic rings. The normalized spacial score (nSPS) is 15.0. The first kappa shape index (κ1) is 14.8. The van der Waals surface area contributed by atoms with Crippen molar-refractivity contribution in [3.63, 3.8) is 0 Å². The van der Waals surface area contributed by atoms with Crippen LogP contribution in [0.2, 0.25) is 0 Å². The molecule has 2 rings (SSSR count). The predicted molar refractivity (Wildman–Crippen MR) is 77.2 cm³/mol. The summed E-state index contributed by atoms with van der Waals surface area (Å²) < 4.78 is 26.1. The molecule has 1 saturated carbocycles. The number of nitrogens with one attached hydrogen (secondary N) is 2. The van der Waals surface area contributed by atoms with E-state index < -0.39 is 10.0 Å². The van der Waals surface area contributed by atoms with Crippen LogP contribution < -0.4 is 15.8 Å². The Hall–Kier alpha value is -1.60. The lowest BCUT2D eigenvalue weighted by atomic mass is 10.2. The largest absolute Gasteiger partial charge is 0.399 e. The van der Waals surface area contributed by atoms with E-state index in [0.717, 1.165) is 12.8 Å². The lowest BCUT2D eigenvalue weighted by Gasteiger charge is -2.08. The van der Waals surface area contributed by atoms with Crippen LogP contribution in [0.3, 0.4) is 0 Å². The first-order valence-corrected chi connectivity index (χ1v) is 8.21. The number of hydrogen-bond donors (Lipinski definition) is 3. The Morgan fingerprint density at radius 3 is 2.70 bits per heavy atom. The number of anilines is 1. The summed E-state index contributed by atoms with van der Waals surface area (Å²) in [5.74, 6) is 0.0353. The lowest BCUT2D eigenvalue weighted by molar-refractivity contribution is -0.122. The zero-order chi connectivity index (χ0) is 14.6. The van der Waals surface area contributed by atoms with Crippen LogP contribution in [0.15, 0.2) is 24.3 Å². The number of nitrogen functional groups attached to an aromatic ring is 1. The Balaban J connectivity index is 1.74. The van der Waals surface area contributed by atoms with Gasteiger partial charge in [-0.05, 0) is 30.5 Å². The molecular formula is C13H19N3O3S. The number of carbonyl (C=O) groups is 1. The Morgan fingerprint density at radius 2 is 2.05 bits per heavy atom. The van der Waals surface area contributed by atoms with Crippen LogP contribution in [0.1, 0.15) is 18.4 Å². The van der Waals surface area contributed by atoms with E-state index in [1.807, 2.05) is 0 Å². The summed E-state index contributed by atoms with van der Waals surface area (Å²) in [5.41, 5.74) is 6.78. The van der Waals surface area contributed by atoms with Gasteiger partial charge in [-0.25, -0.2) is 13.1 Å². The highest BCUT2D eigenvalue weighted by Crippen LogP contribution is 2.28. The van der Waals surface area contributed by atoms with Gasteiger partial charge in [-0.15, -0.1) is 0 Å². The first-order valence-electron chi connectivity index (χ1n) is 6.56. The number of nitrogens with two attached hydrogens (primary N) is 1. The highest BCUT2D eigenvalue weighted by molar-refractivity contribution is 7.88. The van der Waals surface area contributed by atoms with Crippen LogP contribution in [0.25, 0.3) is 0 Å². The van der Waals surface area contributed by atoms with Gasteiger partial charge < -0.3 is 11.1 Å². The van der Waals surface area contributed by atoms with Crippen LogP contribution in [0, 0.1) is 5.92 Å². The molecule has 4 N–H and O–H groups in total. The summed E-state index contributed by atoms with van der Waals surface area (Å²) in [6.45, 7) is 0.509. The Morgan fingerprint density at radius 1 is 1.30 bits per heavy atom. The van der Waals surface area contributed by atoms with Gasteiger partial charge in [-0.1, -0.05) is 12.1 Å². The minimum absolute atomic E-state index is 0.0139. The van der Waals surface area contributed by atoms with Crippen molar-refractivity contribution in [2.24, 2.45) is 5.92 Å². The number of carbonyl (C=O) groups excluding carboxylic acids is 1. The van der Waals surface area contributed by atoms with Crippen molar-refractivity contribution in [1.82, 2.24) is 10.0 Å². The highest BCUT2D eigenvalue weighted by Gasteiger charge is 2.29. The highest BCUT2D eigenvalue weighted by atomic mass is 32.2. The number of rotatable bonds is 7. The second-order valence-electron chi connectivity index (χ2n) is 4.96. The molecule has 1 aliphatic carbocycles. The molecule has 7 heteroatoms. The maximum absolute atomic E-state index is 11.8. The second kappa shape index (κ2) is 6.23. The maximum atomic E-state index is 11.8. The zero-order valence-corrected chi connectivity index (χ0v) is 11.9. The van der Waals surface area contributed by atoms with E-state index in [4.69, 9.17) is 5.73 Å². The van der Waals surface area contributed by atoms with Gasteiger partial charge in [0.05, 0.1) is 5.75 Å². The van der Waals surface area contributed by atoms with Crippen LogP contribution >= 0.6 is 0 Å². The maximum Gasteiger partial charge on any atom is 0.223 e. The average Bonchev–Trinajstić information content (AvgIpc) is 3.18. The molecule has 0 radical (unpaired) electrons. The molecule has 20 heavy (non-hydrogen) atoms. The molecule has 0 bridgehead atoms. The molecule has 0 spiro atoms. The van der Waals surface area contributed by atoms with Crippen molar-refractivity contribution in [1.29, 1.82) is 0 Å². The molecule has 0 atom stereocenters. The molecule has 1 aromatic rings. The van der Waals surface area contributed by atoms with Crippen molar-refractivity contribution in [3.8, 4) is 0 Å². The fraction of sp³-hybridized carbons (Fsp3) is 0.462. The molecule has 1 aromatic carbocycles. The molecule has 0 unspecified atom stereocenters. The van der Waals surface area contributed by atoms with E-state index in [9.17, 15) is 13.2 Å². The first-order chi connectivity index (χ1) is 9.46. The minimum atomic E-state index is -3.41. The summed E-state index contributed by atoms with van der Waals surface area (Å²) in [4.78, 5) is 11.4. The van der Waals surface area contributed by atoms with Gasteiger partial charge >= 0.3 is 0 Å². The predicted octanol–water partition coefficient (Wildman–Crippen LogP) is 0.214. The topological polar surface area (TPSA) is 101 Å². The summed E-state index contributed by atoms with van der Waals surface area (Å²) >= 11 is 0. The van der Waals surface area contributed by atoms with E-state index in [2.05, 4.69) is 10.0 Å². The number of amides is 1. The van der Waals surface area contributed by atoms with Crippen LogP contribution in [0.4, 0.5) is 5.69 Å². The van der Waals surface area contributed by atoms with Crippen molar-refractivity contribution < 1.29 is 13.2 Å². The average molecular weight is 297 g/mol. The van der Waals surface area contributed by atoms with E-state index >= 15 is 0 Å². The Labute approximate surface area is 118 Å². The third kappa shape index (κ3) is 4.82. The second-order valence-corrected chi connectivity index (χ2v) is 6.77. The van der Waals surface area contributed by atoms with E-state index in [-0.39, 0.29) is 24.1 Å². The number of sulfonamides is 1. The summed E-state index contributed by atoms with van der Waals surface area (Å²) in [6, 6.07) is 6.77. The van der Waals surface area contributed by atoms with Crippen molar-refractivity contribution in [2.75, 3.05) is 18.8 Å². The molecule has 1 fully saturated rings. The van der Waals surface area contributed by atoms with Gasteiger partial charge in [0.15, 0.2) is 0 Å². The van der Waals surface area contributed by atoms with E-state index in [1.54, 1.807) is 24.3 Å². The zero-order valence-electron chi connectivity index (χ0n) is 11.1. The molecular weight excluding hydrogens is 278 g/mol. The molecule has 0 saturated heterocycles. The minimum Gasteiger partial charge on any atom is -0.399 e. The molecule has 0 aliphatic heterocycles. The molecule has 0 heterocycles. The standard InChI is InChI=1S/C13H19N3O3S/c14-12-3-1-2-10(8-12)9-20(18,19)16-7-6-15-13(17)11-4-5-11/h1-3,8,11,16H,4-7,9,14H2,(H,15,17). The quantitative estimate of drug-likeness (QED) is 0.495. The van der Waals surface area contributed by atoms with Gasteiger partial charge in [-0.3, -0.25) is 4.79 Å². The SMILES string of the molecule is Nc1cccc(CS(=O)(=O)NCCNC(=O)C2CC2)c1. The number of hydrogen-bond acceptors (Lipinski definition) is 4. The smallest absolute Gasteiger partial charge is 0.223 e. The van der Waals surface area contributed by atoms with Gasteiger partial charge in [-0.2, -0.15) is 0 Å². The monoisotopic (exact) mass is 297 g/mol. The van der Waals surface area contributed by atoms with Crippen LogP contribution in [0.5, 0.6) is 0 Å². The fourth-order valence-corrected chi connectivity index (χ4v) is 2.97. The molecule has 110 valence electrons. The van der Waals surface area contributed by atoms with Crippen molar-refractivity contribution in [2.45, 2.75) is 18.6 Å². The van der Waals surface area contributed by atoms with Gasteiger partial charge in [0.2, 0.25) is 15.9 Å². The van der Waals surface area contributed by atoms with Crippen molar-refractivity contribution in [3.05, 3.63) is 29.8 Å². The fourth-order valence-electron chi connectivity index (χ4n) is 1.84. The Kier molecular flexibility index (Phi) is 4.61. The summed E-state index contributed by atoms with van der Waals surface area (Å²) in [7, 11) is -3.41. The van der Waals surface area contributed by atoms with Crippen LogP contribution in [-0.2, 0) is 20.6 Å². The third-order valence-corrected chi connectivity index (χ3v) is 4.36.